The molecular formula is C13H19N3O2. The molecule has 98 valence electrons. The second-order valence-electron chi connectivity index (χ2n) is 4.44. The minimum atomic E-state index is -0.501. The summed E-state index contributed by atoms with van der Waals surface area (Å²) >= 11 is 0. The van der Waals surface area contributed by atoms with Crippen LogP contribution in [0.2, 0.25) is 0 Å². The Morgan fingerprint density at radius 2 is 2.06 bits per heavy atom. The largest absolute Gasteiger partial charge is 0.366 e. The zero-order valence-electron chi connectivity index (χ0n) is 10.7. The van der Waals surface area contributed by atoms with Gasteiger partial charge >= 0.3 is 0 Å². The fourth-order valence-electron chi connectivity index (χ4n) is 1.64. The van der Waals surface area contributed by atoms with Crippen LogP contribution in [-0.2, 0) is 4.79 Å². The van der Waals surface area contributed by atoms with Crippen molar-refractivity contribution >= 4 is 17.5 Å². The Bertz CT molecular complexity index is 458. The van der Waals surface area contributed by atoms with Crippen molar-refractivity contribution in [3.8, 4) is 0 Å². The predicted octanol–water partition coefficient (Wildman–Crippen LogP) is 1.02. The minimum absolute atomic E-state index is 0.113. The SMILES string of the molecule is Cc1c(NC(=O)CC(C)CN)cccc1C(N)=O. The third-order valence-corrected chi connectivity index (χ3v) is 2.81. The number of nitrogens with one attached hydrogen (secondary N) is 1. The second kappa shape index (κ2) is 6.16. The molecule has 0 spiro atoms. The highest BCUT2D eigenvalue weighted by Crippen LogP contribution is 2.19. The number of amides is 2. The Hall–Kier alpha value is -1.88. The van der Waals surface area contributed by atoms with E-state index in [4.69, 9.17) is 11.5 Å². The zero-order chi connectivity index (χ0) is 13.7. The summed E-state index contributed by atoms with van der Waals surface area (Å²) < 4.78 is 0. The summed E-state index contributed by atoms with van der Waals surface area (Å²) in [5.74, 6) is -0.485. The first-order valence-corrected chi connectivity index (χ1v) is 5.85. The monoisotopic (exact) mass is 249 g/mol. The van der Waals surface area contributed by atoms with Crippen molar-refractivity contribution in [2.45, 2.75) is 20.3 Å². The zero-order valence-corrected chi connectivity index (χ0v) is 10.7. The lowest BCUT2D eigenvalue weighted by molar-refractivity contribution is -0.116. The molecule has 5 heteroatoms. The number of benzene rings is 1. The molecule has 0 fully saturated rings. The molecule has 0 saturated carbocycles. The van der Waals surface area contributed by atoms with Crippen LogP contribution in [0.4, 0.5) is 5.69 Å². The Morgan fingerprint density at radius 1 is 1.39 bits per heavy atom. The number of primary amides is 1. The van der Waals surface area contributed by atoms with Crippen molar-refractivity contribution in [1.29, 1.82) is 0 Å². The smallest absolute Gasteiger partial charge is 0.249 e. The molecule has 0 radical (unpaired) electrons. The standard InChI is InChI=1S/C13H19N3O2/c1-8(7-14)6-12(17)16-11-5-3-4-10(9(11)2)13(15)18/h3-5,8H,6-7,14H2,1-2H3,(H2,15,18)(H,16,17). The van der Waals surface area contributed by atoms with Gasteiger partial charge in [0.1, 0.15) is 0 Å². The molecule has 2 amide bonds. The van der Waals surface area contributed by atoms with Crippen LogP contribution in [-0.4, -0.2) is 18.4 Å². The van der Waals surface area contributed by atoms with Gasteiger partial charge in [0.15, 0.2) is 0 Å². The maximum absolute atomic E-state index is 11.7. The average molecular weight is 249 g/mol. The molecule has 1 atom stereocenters. The summed E-state index contributed by atoms with van der Waals surface area (Å²) in [6.07, 6.45) is 0.358. The van der Waals surface area contributed by atoms with Crippen molar-refractivity contribution < 1.29 is 9.59 Å². The van der Waals surface area contributed by atoms with Crippen LogP contribution in [0.3, 0.4) is 0 Å². The third-order valence-electron chi connectivity index (χ3n) is 2.81. The molecule has 0 aliphatic rings. The van der Waals surface area contributed by atoms with Gasteiger partial charge in [0.2, 0.25) is 11.8 Å². The van der Waals surface area contributed by atoms with Crippen molar-refractivity contribution in [2.24, 2.45) is 17.4 Å². The minimum Gasteiger partial charge on any atom is -0.366 e. The van der Waals surface area contributed by atoms with E-state index >= 15 is 0 Å². The average Bonchev–Trinajstić information content (AvgIpc) is 2.31. The second-order valence-corrected chi connectivity index (χ2v) is 4.44. The highest BCUT2D eigenvalue weighted by Gasteiger charge is 2.12. The molecule has 1 aromatic carbocycles. The molecule has 5 nitrogen and oxygen atoms in total. The van der Waals surface area contributed by atoms with Gasteiger partial charge in [-0.15, -0.1) is 0 Å². The van der Waals surface area contributed by atoms with Gasteiger partial charge in [0, 0.05) is 17.7 Å². The van der Waals surface area contributed by atoms with Crippen molar-refractivity contribution in [3.63, 3.8) is 0 Å². The van der Waals surface area contributed by atoms with E-state index in [9.17, 15) is 9.59 Å². The summed E-state index contributed by atoms with van der Waals surface area (Å²) in [5, 5.41) is 2.77. The summed E-state index contributed by atoms with van der Waals surface area (Å²) in [6.45, 7) is 4.13. The van der Waals surface area contributed by atoms with Gasteiger partial charge in [-0.2, -0.15) is 0 Å². The molecule has 0 heterocycles. The number of hydrogen-bond donors (Lipinski definition) is 3. The number of carbonyl (C=O) groups is 2. The highest BCUT2D eigenvalue weighted by molar-refractivity contribution is 5.98. The van der Waals surface area contributed by atoms with E-state index in [1.54, 1.807) is 25.1 Å². The number of carbonyl (C=O) groups excluding carboxylic acids is 2. The van der Waals surface area contributed by atoms with E-state index in [2.05, 4.69) is 5.32 Å². The van der Waals surface area contributed by atoms with Crippen LogP contribution < -0.4 is 16.8 Å². The molecule has 1 unspecified atom stereocenters. The van der Waals surface area contributed by atoms with Crippen LogP contribution in [0.1, 0.15) is 29.3 Å². The fraction of sp³-hybridized carbons (Fsp3) is 0.385. The quantitative estimate of drug-likeness (QED) is 0.726. The molecular weight excluding hydrogens is 230 g/mol. The summed E-state index contributed by atoms with van der Waals surface area (Å²) in [5.41, 5.74) is 12.4. The van der Waals surface area contributed by atoms with Gasteiger partial charge in [-0.25, -0.2) is 0 Å². The first kappa shape index (κ1) is 14.2. The number of rotatable bonds is 5. The summed E-state index contributed by atoms with van der Waals surface area (Å²) in [4.78, 5) is 22.9. The number of anilines is 1. The molecule has 1 rings (SSSR count). The normalized spacial score (nSPS) is 11.9. The lowest BCUT2D eigenvalue weighted by Gasteiger charge is -2.12. The lowest BCUT2D eigenvalue weighted by Crippen LogP contribution is -2.21. The van der Waals surface area contributed by atoms with Gasteiger partial charge in [-0.3, -0.25) is 9.59 Å². The molecule has 5 N–H and O–H groups in total. The number of nitrogens with two attached hydrogens (primary N) is 2. The van der Waals surface area contributed by atoms with E-state index in [-0.39, 0.29) is 11.8 Å². The first-order valence-electron chi connectivity index (χ1n) is 5.85. The maximum Gasteiger partial charge on any atom is 0.249 e. The van der Waals surface area contributed by atoms with Crippen molar-refractivity contribution in [3.05, 3.63) is 29.3 Å². The molecule has 0 aromatic heterocycles. The van der Waals surface area contributed by atoms with E-state index in [0.29, 0.717) is 29.8 Å². The topological polar surface area (TPSA) is 98.2 Å². The molecule has 0 aliphatic heterocycles. The lowest BCUT2D eigenvalue weighted by atomic mass is 10.1. The maximum atomic E-state index is 11.7. The summed E-state index contributed by atoms with van der Waals surface area (Å²) in [6, 6.07) is 5.07. The van der Waals surface area contributed by atoms with E-state index in [1.165, 1.54) is 0 Å². The van der Waals surface area contributed by atoms with Gasteiger partial charge < -0.3 is 16.8 Å². The van der Waals surface area contributed by atoms with Crippen LogP contribution >= 0.6 is 0 Å². The highest BCUT2D eigenvalue weighted by atomic mass is 16.2. The van der Waals surface area contributed by atoms with Crippen molar-refractivity contribution in [2.75, 3.05) is 11.9 Å². The molecule has 0 saturated heterocycles. The van der Waals surface area contributed by atoms with Gasteiger partial charge in [-0.1, -0.05) is 13.0 Å². The van der Waals surface area contributed by atoms with Crippen LogP contribution in [0.15, 0.2) is 18.2 Å². The van der Waals surface area contributed by atoms with Crippen LogP contribution in [0.5, 0.6) is 0 Å². The van der Waals surface area contributed by atoms with Crippen molar-refractivity contribution in [1.82, 2.24) is 0 Å². The van der Waals surface area contributed by atoms with E-state index < -0.39 is 5.91 Å². The van der Waals surface area contributed by atoms with Crippen LogP contribution in [0, 0.1) is 12.8 Å². The van der Waals surface area contributed by atoms with Gasteiger partial charge in [-0.05, 0) is 37.1 Å². The summed E-state index contributed by atoms with van der Waals surface area (Å²) in [7, 11) is 0. The molecule has 1 aromatic rings. The Labute approximate surface area is 107 Å². The Balaban J connectivity index is 2.82. The van der Waals surface area contributed by atoms with E-state index in [1.807, 2.05) is 6.92 Å². The number of hydrogen-bond acceptors (Lipinski definition) is 3. The van der Waals surface area contributed by atoms with Gasteiger partial charge in [0.25, 0.3) is 0 Å². The molecule has 0 bridgehead atoms. The van der Waals surface area contributed by atoms with Crippen LogP contribution in [0.25, 0.3) is 0 Å². The fourth-order valence-corrected chi connectivity index (χ4v) is 1.64. The molecule has 0 aliphatic carbocycles. The third kappa shape index (κ3) is 3.56. The van der Waals surface area contributed by atoms with E-state index in [0.717, 1.165) is 0 Å². The van der Waals surface area contributed by atoms with Gasteiger partial charge in [0.05, 0.1) is 0 Å². The Morgan fingerprint density at radius 3 is 2.61 bits per heavy atom. The molecule has 18 heavy (non-hydrogen) atoms. The first-order chi connectivity index (χ1) is 8.45. The predicted molar refractivity (Wildman–Crippen MR) is 71.2 cm³/mol. The Kier molecular flexibility index (Phi) is 4.85.